The predicted molar refractivity (Wildman–Crippen MR) is 67.4 cm³/mol. The summed E-state index contributed by atoms with van der Waals surface area (Å²) >= 11 is 0.996. The number of carboxylic acid groups (broad SMARTS) is 1. The molecular formula is C13H11FO3S. The van der Waals surface area contributed by atoms with E-state index >= 15 is 0 Å². The number of aliphatic carboxylic acids is 1. The lowest BCUT2D eigenvalue weighted by Gasteiger charge is -2.13. The summed E-state index contributed by atoms with van der Waals surface area (Å²) in [6.07, 6.45) is -0.948. The molecule has 1 N–H and O–H groups in total. The first-order valence-electron chi connectivity index (χ1n) is 5.32. The minimum Gasteiger partial charge on any atom is -0.479 e. The molecule has 3 nitrogen and oxygen atoms in total. The minimum atomic E-state index is -1.04. The van der Waals surface area contributed by atoms with Crippen molar-refractivity contribution in [3.8, 4) is 16.2 Å². The van der Waals surface area contributed by atoms with E-state index < -0.39 is 12.1 Å². The second-order valence-electron chi connectivity index (χ2n) is 3.70. The zero-order valence-corrected chi connectivity index (χ0v) is 10.4. The number of ether oxygens (including phenoxy) is 1. The van der Waals surface area contributed by atoms with Gasteiger partial charge in [0, 0.05) is 10.4 Å². The lowest BCUT2D eigenvalue weighted by atomic mass is 10.1. The first-order valence-corrected chi connectivity index (χ1v) is 6.14. The average molecular weight is 266 g/mol. The zero-order valence-electron chi connectivity index (χ0n) is 9.59. The second-order valence-corrected chi connectivity index (χ2v) is 4.73. The molecule has 0 amide bonds. The smallest absolute Gasteiger partial charge is 0.344 e. The normalized spacial score (nSPS) is 12.1. The lowest BCUT2D eigenvalue weighted by molar-refractivity contribution is -0.144. The van der Waals surface area contributed by atoms with Gasteiger partial charge in [0.05, 0.1) is 0 Å². The van der Waals surface area contributed by atoms with E-state index in [4.69, 9.17) is 9.84 Å². The molecule has 5 heteroatoms. The maximum Gasteiger partial charge on any atom is 0.344 e. The van der Waals surface area contributed by atoms with Gasteiger partial charge in [0.15, 0.2) is 11.2 Å². The van der Waals surface area contributed by atoms with Gasteiger partial charge < -0.3 is 9.84 Å². The number of carbonyl (C=O) groups is 1. The van der Waals surface area contributed by atoms with Crippen LogP contribution in [0.1, 0.15) is 6.92 Å². The van der Waals surface area contributed by atoms with E-state index in [2.05, 4.69) is 0 Å². The van der Waals surface area contributed by atoms with Gasteiger partial charge in [0.2, 0.25) is 0 Å². The molecule has 0 fully saturated rings. The monoisotopic (exact) mass is 266 g/mol. The molecule has 0 spiro atoms. The standard InChI is InChI=1S/C13H11FO3S/c1-8(13(15)16)17-10-5-3-2-4-9(10)11-6-7-12(14)18-11/h2-8H,1H3,(H,15,16). The van der Waals surface area contributed by atoms with E-state index in [1.807, 2.05) is 0 Å². The summed E-state index contributed by atoms with van der Waals surface area (Å²) in [7, 11) is 0. The second kappa shape index (κ2) is 5.18. The molecule has 1 heterocycles. The Bertz CT molecular complexity index is 565. The summed E-state index contributed by atoms with van der Waals surface area (Å²) in [6.45, 7) is 1.45. The van der Waals surface area contributed by atoms with Crippen LogP contribution in [0.15, 0.2) is 36.4 Å². The number of hydrogen-bond acceptors (Lipinski definition) is 3. The van der Waals surface area contributed by atoms with E-state index in [0.29, 0.717) is 16.2 Å². The maximum atomic E-state index is 13.0. The molecule has 94 valence electrons. The SMILES string of the molecule is CC(Oc1ccccc1-c1ccc(F)s1)C(=O)O. The van der Waals surface area contributed by atoms with Gasteiger partial charge in [-0.25, -0.2) is 4.79 Å². The van der Waals surface area contributed by atoms with E-state index in [1.54, 1.807) is 30.3 Å². The summed E-state index contributed by atoms with van der Waals surface area (Å²) in [4.78, 5) is 11.5. The molecule has 1 aromatic heterocycles. The fourth-order valence-corrected chi connectivity index (χ4v) is 2.23. The van der Waals surface area contributed by atoms with E-state index in [9.17, 15) is 9.18 Å². The Balaban J connectivity index is 2.34. The third-order valence-corrected chi connectivity index (χ3v) is 3.28. The Morgan fingerprint density at radius 2 is 2.06 bits per heavy atom. The molecule has 0 aliphatic heterocycles. The molecule has 1 atom stereocenters. The fraction of sp³-hybridized carbons (Fsp3) is 0.154. The van der Waals surface area contributed by atoms with Gasteiger partial charge in [-0.3, -0.25) is 0 Å². The van der Waals surface area contributed by atoms with Gasteiger partial charge in [-0.1, -0.05) is 12.1 Å². The lowest BCUT2D eigenvalue weighted by Crippen LogP contribution is -2.23. The van der Waals surface area contributed by atoms with E-state index in [1.165, 1.54) is 13.0 Å². The molecule has 0 saturated carbocycles. The van der Waals surface area contributed by atoms with Gasteiger partial charge in [0.25, 0.3) is 0 Å². The number of hydrogen-bond donors (Lipinski definition) is 1. The van der Waals surface area contributed by atoms with Crippen molar-refractivity contribution < 1.29 is 19.0 Å². The molecular weight excluding hydrogens is 255 g/mol. The topological polar surface area (TPSA) is 46.5 Å². The van der Waals surface area contributed by atoms with Gasteiger partial charge in [-0.2, -0.15) is 4.39 Å². The predicted octanol–water partition coefficient (Wildman–Crippen LogP) is 3.41. The fourth-order valence-electron chi connectivity index (χ4n) is 1.47. The van der Waals surface area contributed by atoms with Crippen LogP contribution in [-0.4, -0.2) is 17.2 Å². The Morgan fingerprint density at radius 1 is 1.33 bits per heavy atom. The first-order chi connectivity index (χ1) is 8.58. The van der Waals surface area contributed by atoms with Crippen molar-refractivity contribution in [3.05, 3.63) is 41.5 Å². The minimum absolute atomic E-state index is 0.286. The van der Waals surface area contributed by atoms with Crippen molar-refractivity contribution in [1.29, 1.82) is 0 Å². The molecule has 18 heavy (non-hydrogen) atoms. The van der Waals surface area contributed by atoms with Crippen molar-refractivity contribution >= 4 is 17.3 Å². The Kier molecular flexibility index (Phi) is 3.62. The highest BCUT2D eigenvalue weighted by molar-refractivity contribution is 7.13. The number of para-hydroxylation sites is 1. The van der Waals surface area contributed by atoms with Crippen LogP contribution in [0.5, 0.6) is 5.75 Å². The molecule has 1 unspecified atom stereocenters. The third-order valence-electron chi connectivity index (χ3n) is 2.38. The summed E-state index contributed by atoms with van der Waals surface area (Å²) in [5, 5.41) is 8.54. The Hall–Kier alpha value is -1.88. The van der Waals surface area contributed by atoms with Crippen molar-refractivity contribution in [2.45, 2.75) is 13.0 Å². The average Bonchev–Trinajstić information content (AvgIpc) is 2.76. The maximum absolute atomic E-state index is 13.0. The first kappa shape index (κ1) is 12.6. The van der Waals surface area contributed by atoms with Crippen LogP contribution in [0, 0.1) is 5.13 Å². The molecule has 0 saturated heterocycles. The van der Waals surface area contributed by atoms with Gasteiger partial charge >= 0.3 is 5.97 Å². The molecule has 2 rings (SSSR count). The summed E-state index contributed by atoms with van der Waals surface area (Å²) in [5.41, 5.74) is 0.694. The third kappa shape index (κ3) is 2.68. The molecule has 0 aliphatic rings. The van der Waals surface area contributed by atoms with Crippen LogP contribution >= 0.6 is 11.3 Å². The van der Waals surface area contributed by atoms with Crippen LogP contribution in [-0.2, 0) is 4.79 Å². The van der Waals surface area contributed by atoms with Crippen molar-refractivity contribution in [2.24, 2.45) is 0 Å². The summed E-state index contributed by atoms with van der Waals surface area (Å²) < 4.78 is 18.4. The molecule has 2 aromatic rings. The van der Waals surface area contributed by atoms with Crippen LogP contribution in [0.3, 0.4) is 0 Å². The summed E-state index contributed by atoms with van der Waals surface area (Å²) in [5.74, 6) is -0.601. The van der Waals surface area contributed by atoms with Crippen LogP contribution in [0.2, 0.25) is 0 Å². The van der Waals surface area contributed by atoms with Crippen molar-refractivity contribution in [1.82, 2.24) is 0 Å². The zero-order chi connectivity index (χ0) is 13.1. The quantitative estimate of drug-likeness (QED) is 0.922. The number of rotatable bonds is 4. The highest BCUT2D eigenvalue weighted by atomic mass is 32.1. The summed E-state index contributed by atoms with van der Waals surface area (Å²) in [6, 6.07) is 10.0. The van der Waals surface area contributed by atoms with E-state index in [-0.39, 0.29) is 5.13 Å². The van der Waals surface area contributed by atoms with Gasteiger partial charge in [-0.05, 0) is 31.2 Å². The Labute approximate surface area is 107 Å². The van der Waals surface area contributed by atoms with Crippen LogP contribution < -0.4 is 4.74 Å². The molecule has 0 radical (unpaired) electrons. The highest BCUT2D eigenvalue weighted by Gasteiger charge is 2.16. The largest absolute Gasteiger partial charge is 0.479 e. The van der Waals surface area contributed by atoms with Gasteiger partial charge in [0.1, 0.15) is 5.75 Å². The Morgan fingerprint density at radius 3 is 2.67 bits per heavy atom. The highest BCUT2D eigenvalue weighted by Crippen LogP contribution is 2.34. The van der Waals surface area contributed by atoms with Crippen LogP contribution in [0.25, 0.3) is 10.4 Å². The van der Waals surface area contributed by atoms with Crippen molar-refractivity contribution in [2.75, 3.05) is 0 Å². The number of thiophene rings is 1. The molecule has 0 aliphatic carbocycles. The van der Waals surface area contributed by atoms with Crippen molar-refractivity contribution in [3.63, 3.8) is 0 Å². The number of carboxylic acids is 1. The molecule has 0 bridgehead atoms. The number of benzene rings is 1. The van der Waals surface area contributed by atoms with Gasteiger partial charge in [-0.15, -0.1) is 11.3 Å². The number of halogens is 1. The van der Waals surface area contributed by atoms with E-state index in [0.717, 1.165) is 11.3 Å². The molecule has 1 aromatic carbocycles. The van der Waals surface area contributed by atoms with Crippen LogP contribution in [0.4, 0.5) is 4.39 Å².